The molecular formula is C10H11NOS. The molecule has 0 aliphatic rings. The molecule has 0 bridgehead atoms. The molecule has 1 heterocycles. The fourth-order valence-electron chi connectivity index (χ4n) is 1.49. The summed E-state index contributed by atoms with van der Waals surface area (Å²) in [5, 5.41) is 10.9. The van der Waals surface area contributed by atoms with Crippen LogP contribution >= 0.6 is 11.3 Å². The van der Waals surface area contributed by atoms with Crippen LogP contribution in [0.5, 0.6) is 0 Å². The van der Waals surface area contributed by atoms with Crippen LogP contribution in [0.25, 0.3) is 10.1 Å². The van der Waals surface area contributed by atoms with Crippen molar-refractivity contribution in [3.8, 4) is 0 Å². The number of hydrogen-bond donors (Lipinski definition) is 2. The van der Waals surface area contributed by atoms with Crippen molar-refractivity contribution < 1.29 is 5.11 Å². The van der Waals surface area contributed by atoms with Crippen molar-refractivity contribution in [3.05, 3.63) is 29.3 Å². The Morgan fingerprint density at radius 3 is 2.92 bits per heavy atom. The van der Waals surface area contributed by atoms with Crippen LogP contribution in [-0.2, 0) is 6.61 Å². The third-order valence-corrected chi connectivity index (χ3v) is 3.42. The molecule has 0 spiro atoms. The van der Waals surface area contributed by atoms with Gasteiger partial charge in [0.15, 0.2) is 0 Å². The minimum absolute atomic E-state index is 0.0231. The molecule has 68 valence electrons. The summed E-state index contributed by atoms with van der Waals surface area (Å²) in [6, 6.07) is 6.04. The summed E-state index contributed by atoms with van der Waals surface area (Å²) >= 11 is 1.55. The van der Waals surface area contributed by atoms with E-state index in [0.717, 1.165) is 16.0 Å². The Morgan fingerprint density at radius 2 is 2.23 bits per heavy atom. The van der Waals surface area contributed by atoms with Crippen LogP contribution in [0, 0.1) is 6.92 Å². The van der Waals surface area contributed by atoms with Gasteiger partial charge in [0.1, 0.15) is 0 Å². The molecule has 0 unspecified atom stereocenters. The SMILES string of the molecule is Cc1cccc2c(CO)c(N)sc12. The minimum Gasteiger partial charge on any atom is -0.392 e. The van der Waals surface area contributed by atoms with Crippen molar-refractivity contribution in [2.24, 2.45) is 0 Å². The Morgan fingerprint density at radius 1 is 1.46 bits per heavy atom. The Kier molecular flexibility index (Phi) is 1.98. The predicted molar refractivity (Wildman–Crippen MR) is 56.9 cm³/mol. The first kappa shape index (κ1) is 8.53. The molecule has 1 aromatic carbocycles. The highest BCUT2D eigenvalue weighted by atomic mass is 32.1. The normalized spacial score (nSPS) is 10.9. The maximum Gasteiger partial charge on any atom is 0.0924 e. The Bertz CT molecular complexity index is 447. The maximum absolute atomic E-state index is 9.12. The second-order valence-electron chi connectivity index (χ2n) is 3.05. The fraction of sp³-hybridized carbons (Fsp3) is 0.200. The van der Waals surface area contributed by atoms with Crippen LogP contribution in [0.3, 0.4) is 0 Å². The highest BCUT2D eigenvalue weighted by Crippen LogP contribution is 2.35. The molecule has 0 amide bonds. The van der Waals surface area contributed by atoms with Crippen LogP contribution in [0.15, 0.2) is 18.2 Å². The lowest BCUT2D eigenvalue weighted by molar-refractivity contribution is 0.284. The zero-order chi connectivity index (χ0) is 9.42. The summed E-state index contributed by atoms with van der Waals surface area (Å²) < 4.78 is 1.18. The van der Waals surface area contributed by atoms with Crippen molar-refractivity contribution in [2.75, 3.05) is 5.73 Å². The van der Waals surface area contributed by atoms with Gasteiger partial charge < -0.3 is 10.8 Å². The summed E-state index contributed by atoms with van der Waals surface area (Å²) in [5.41, 5.74) is 7.87. The van der Waals surface area contributed by atoms with E-state index in [9.17, 15) is 0 Å². The van der Waals surface area contributed by atoms with Crippen LogP contribution in [0.2, 0.25) is 0 Å². The quantitative estimate of drug-likeness (QED) is 0.730. The van der Waals surface area contributed by atoms with Gasteiger partial charge in [-0.25, -0.2) is 0 Å². The third kappa shape index (κ3) is 1.20. The average Bonchev–Trinajstić information content (AvgIpc) is 2.43. The summed E-state index contributed by atoms with van der Waals surface area (Å²) in [6.45, 7) is 2.08. The Labute approximate surface area is 80.6 Å². The average molecular weight is 193 g/mol. The first-order chi connectivity index (χ1) is 6.24. The standard InChI is InChI=1S/C10H11NOS/c1-6-3-2-4-7-8(5-12)10(11)13-9(6)7/h2-4,12H,5,11H2,1H3. The number of aryl methyl sites for hydroxylation is 1. The van der Waals surface area contributed by atoms with Crippen LogP contribution in [-0.4, -0.2) is 5.11 Å². The van der Waals surface area contributed by atoms with Crippen LogP contribution in [0.4, 0.5) is 5.00 Å². The van der Waals surface area contributed by atoms with Gasteiger partial charge in [0.05, 0.1) is 11.6 Å². The van der Waals surface area contributed by atoms with Gasteiger partial charge in [0.2, 0.25) is 0 Å². The zero-order valence-electron chi connectivity index (χ0n) is 7.37. The van der Waals surface area contributed by atoms with Crippen molar-refractivity contribution in [1.82, 2.24) is 0 Å². The number of aliphatic hydroxyl groups is 1. The predicted octanol–water partition coefficient (Wildman–Crippen LogP) is 2.28. The topological polar surface area (TPSA) is 46.2 Å². The molecule has 0 saturated heterocycles. The minimum atomic E-state index is 0.0231. The largest absolute Gasteiger partial charge is 0.392 e. The van der Waals surface area contributed by atoms with Crippen LogP contribution in [0.1, 0.15) is 11.1 Å². The summed E-state index contributed by atoms with van der Waals surface area (Å²) in [7, 11) is 0. The van der Waals surface area contributed by atoms with Crippen molar-refractivity contribution in [1.29, 1.82) is 0 Å². The van der Waals surface area contributed by atoms with Gasteiger partial charge in [0, 0.05) is 15.6 Å². The number of rotatable bonds is 1. The van der Waals surface area contributed by atoms with E-state index in [0.29, 0.717) is 0 Å². The van der Waals surface area contributed by atoms with Gasteiger partial charge in [-0.2, -0.15) is 0 Å². The summed E-state index contributed by atoms with van der Waals surface area (Å²) in [4.78, 5) is 0. The number of fused-ring (bicyclic) bond motifs is 1. The number of thiophene rings is 1. The molecule has 0 radical (unpaired) electrons. The lowest BCUT2D eigenvalue weighted by Crippen LogP contribution is -1.87. The molecule has 0 atom stereocenters. The highest BCUT2D eigenvalue weighted by molar-refractivity contribution is 7.23. The monoisotopic (exact) mass is 193 g/mol. The van der Waals surface area contributed by atoms with E-state index in [2.05, 4.69) is 13.0 Å². The van der Waals surface area contributed by atoms with Gasteiger partial charge in [-0.15, -0.1) is 11.3 Å². The maximum atomic E-state index is 9.12. The van der Waals surface area contributed by atoms with Crippen LogP contribution < -0.4 is 5.73 Å². The smallest absolute Gasteiger partial charge is 0.0924 e. The van der Waals surface area contributed by atoms with E-state index in [1.54, 1.807) is 11.3 Å². The summed E-state index contributed by atoms with van der Waals surface area (Å²) in [5.74, 6) is 0. The molecule has 0 fully saturated rings. The third-order valence-electron chi connectivity index (χ3n) is 2.20. The van der Waals surface area contributed by atoms with Crippen molar-refractivity contribution in [2.45, 2.75) is 13.5 Å². The van der Waals surface area contributed by atoms with E-state index < -0.39 is 0 Å². The number of hydrogen-bond acceptors (Lipinski definition) is 3. The fourth-order valence-corrected chi connectivity index (χ4v) is 2.54. The van der Waals surface area contributed by atoms with Gasteiger partial charge in [0.25, 0.3) is 0 Å². The number of nitrogen functional groups attached to an aromatic ring is 1. The molecule has 2 nitrogen and oxygen atoms in total. The number of benzene rings is 1. The molecular weight excluding hydrogens is 182 g/mol. The lowest BCUT2D eigenvalue weighted by Gasteiger charge is -1.96. The van der Waals surface area contributed by atoms with Crippen molar-refractivity contribution in [3.63, 3.8) is 0 Å². The lowest BCUT2D eigenvalue weighted by atomic mass is 10.1. The van der Waals surface area contributed by atoms with E-state index in [1.165, 1.54) is 10.3 Å². The van der Waals surface area contributed by atoms with Gasteiger partial charge in [-0.1, -0.05) is 18.2 Å². The molecule has 13 heavy (non-hydrogen) atoms. The zero-order valence-corrected chi connectivity index (χ0v) is 8.19. The summed E-state index contributed by atoms with van der Waals surface area (Å²) in [6.07, 6.45) is 0. The molecule has 2 aromatic rings. The molecule has 0 aliphatic carbocycles. The number of anilines is 1. The van der Waals surface area contributed by atoms with Gasteiger partial charge >= 0.3 is 0 Å². The molecule has 0 aliphatic heterocycles. The van der Waals surface area contributed by atoms with Gasteiger partial charge in [-0.3, -0.25) is 0 Å². The van der Waals surface area contributed by atoms with E-state index in [1.807, 2.05) is 12.1 Å². The molecule has 3 N–H and O–H groups in total. The molecule has 2 rings (SSSR count). The van der Waals surface area contributed by atoms with Crippen molar-refractivity contribution >= 4 is 26.4 Å². The van der Waals surface area contributed by atoms with E-state index in [4.69, 9.17) is 10.8 Å². The first-order valence-corrected chi connectivity index (χ1v) is 4.93. The van der Waals surface area contributed by atoms with E-state index >= 15 is 0 Å². The second kappa shape index (κ2) is 3.01. The number of nitrogens with two attached hydrogens (primary N) is 1. The molecule has 1 aromatic heterocycles. The van der Waals surface area contributed by atoms with Gasteiger partial charge in [-0.05, 0) is 12.5 Å². The Hall–Kier alpha value is -1.06. The van der Waals surface area contributed by atoms with E-state index in [-0.39, 0.29) is 6.61 Å². The molecule has 3 heteroatoms. The second-order valence-corrected chi connectivity index (χ2v) is 4.11. The molecule has 0 saturated carbocycles. The number of aliphatic hydroxyl groups excluding tert-OH is 1. The Balaban J connectivity index is 2.86. The highest BCUT2D eigenvalue weighted by Gasteiger charge is 2.09. The first-order valence-electron chi connectivity index (χ1n) is 4.11.